The fraction of sp³-hybridized carbons (Fsp3) is 0. The topological polar surface area (TPSA) is 52.0 Å². The molecule has 6 heteroatoms. The van der Waals surface area contributed by atoms with Crippen LogP contribution in [0.5, 0.6) is 0 Å². The van der Waals surface area contributed by atoms with Gasteiger partial charge in [0, 0.05) is 15.2 Å². The molecule has 1 heterocycles. The maximum atomic E-state index is 13.4. The van der Waals surface area contributed by atoms with Crippen LogP contribution in [0.1, 0.15) is 0 Å². The van der Waals surface area contributed by atoms with Crippen LogP contribution in [-0.2, 0) is 0 Å². The van der Waals surface area contributed by atoms with E-state index in [9.17, 15) is 8.78 Å². The van der Waals surface area contributed by atoms with Gasteiger partial charge in [0.05, 0.1) is 5.56 Å². The lowest BCUT2D eigenvalue weighted by molar-refractivity contribution is 0.439. The summed E-state index contributed by atoms with van der Waals surface area (Å²) in [6, 6.07) is 10.7. The number of aromatic nitrogens is 1. The molecule has 0 aliphatic rings. The standard InChI is InChI=1S/C15H9F2IN2O/c16-10-5-9(6-11(17)7-10)13-14(20-21-15(13)19)8-1-3-12(18)4-2-8/h1-7H,19H2. The minimum absolute atomic E-state index is 0.0218. The third-order valence-corrected chi connectivity index (χ3v) is 3.71. The number of rotatable bonds is 2. The molecular weight excluding hydrogens is 389 g/mol. The number of nitrogens with zero attached hydrogens (tertiary/aromatic N) is 1. The third kappa shape index (κ3) is 2.76. The van der Waals surface area contributed by atoms with Gasteiger partial charge in [-0.05, 0) is 52.4 Å². The van der Waals surface area contributed by atoms with Gasteiger partial charge in [-0.1, -0.05) is 17.3 Å². The highest BCUT2D eigenvalue weighted by Crippen LogP contribution is 2.36. The van der Waals surface area contributed by atoms with Crippen LogP contribution in [-0.4, -0.2) is 5.16 Å². The quantitative estimate of drug-likeness (QED) is 0.648. The van der Waals surface area contributed by atoms with Crippen molar-refractivity contribution in [1.82, 2.24) is 5.16 Å². The van der Waals surface area contributed by atoms with E-state index in [-0.39, 0.29) is 5.88 Å². The SMILES string of the molecule is Nc1onc(-c2ccc(I)cc2)c1-c1cc(F)cc(F)c1. The molecule has 0 fully saturated rings. The molecule has 106 valence electrons. The molecule has 3 rings (SSSR count). The van der Waals surface area contributed by atoms with Gasteiger partial charge in [-0.15, -0.1) is 0 Å². The molecule has 1 aromatic heterocycles. The second-order valence-corrected chi connectivity index (χ2v) is 5.68. The molecule has 0 amide bonds. The summed E-state index contributed by atoms with van der Waals surface area (Å²) in [6.45, 7) is 0. The molecule has 0 aliphatic carbocycles. The van der Waals surface area contributed by atoms with Crippen LogP contribution >= 0.6 is 22.6 Å². The molecule has 3 nitrogen and oxygen atoms in total. The number of halogens is 3. The Morgan fingerprint density at radius 2 is 1.57 bits per heavy atom. The first-order valence-electron chi connectivity index (χ1n) is 6.02. The number of hydrogen-bond donors (Lipinski definition) is 1. The van der Waals surface area contributed by atoms with Crippen LogP contribution in [0.4, 0.5) is 14.7 Å². The molecule has 0 radical (unpaired) electrons. The first-order chi connectivity index (χ1) is 10.0. The van der Waals surface area contributed by atoms with Gasteiger partial charge < -0.3 is 10.3 Å². The predicted molar refractivity (Wildman–Crippen MR) is 84.4 cm³/mol. The third-order valence-electron chi connectivity index (χ3n) is 2.99. The fourth-order valence-corrected chi connectivity index (χ4v) is 2.44. The van der Waals surface area contributed by atoms with E-state index in [1.165, 1.54) is 12.1 Å². The van der Waals surface area contributed by atoms with E-state index in [1.54, 1.807) is 0 Å². The minimum atomic E-state index is -0.681. The molecule has 0 atom stereocenters. The van der Waals surface area contributed by atoms with Crippen LogP contribution in [0.3, 0.4) is 0 Å². The Kier molecular flexibility index (Phi) is 3.62. The van der Waals surface area contributed by atoms with Crippen LogP contribution in [0.2, 0.25) is 0 Å². The second kappa shape index (κ2) is 5.44. The number of benzene rings is 2. The Balaban J connectivity index is 2.19. The van der Waals surface area contributed by atoms with Gasteiger partial charge in [0.1, 0.15) is 17.3 Å². The summed E-state index contributed by atoms with van der Waals surface area (Å²) in [5, 5.41) is 3.90. The first-order valence-corrected chi connectivity index (χ1v) is 7.10. The van der Waals surface area contributed by atoms with Crippen molar-refractivity contribution in [3.8, 4) is 22.4 Å². The van der Waals surface area contributed by atoms with E-state index in [0.29, 0.717) is 16.8 Å². The van der Waals surface area contributed by atoms with Gasteiger partial charge in [0.2, 0.25) is 5.88 Å². The molecule has 0 bridgehead atoms. The molecule has 0 spiro atoms. The number of nitrogen functional groups attached to an aromatic ring is 1. The van der Waals surface area contributed by atoms with Crippen molar-refractivity contribution in [1.29, 1.82) is 0 Å². The van der Waals surface area contributed by atoms with Crippen LogP contribution in [0, 0.1) is 15.2 Å². The second-order valence-electron chi connectivity index (χ2n) is 4.44. The van der Waals surface area contributed by atoms with Crippen molar-refractivity contribution in [2.45, 2.75) is 0 Å². The maximum Gasteiger partial charge on any atom is 0.230 e. The van der Waals surface area contributed by atoms with Gasteiger partial charge in [0.25, 0.3) is 0 Å². The fourth-order valence-electron chi connectivity index (χ4n) is 2.08. The summed E-state index contributed by atoms with van der Waals surface area (Å²) in [5.41, 5.74) is 7.65. The van der Waals surface area contributed by atoms with E-state index in [1.807, 2.05) is 24.3 Å². The highest BCUT2D eigenvalue weighted by atomic mass is 127. The van der Waals surface area contributed by atoms with Crippen molar-refractivity contribution < 1.29 is 13.3 Å². The zero-order chi connectivity index (χ0) is 15.0. The van der Waals surface area contributed by atoms with E-state index in [4.69, 9.17) is 10.3 Å². The van der Waals surface area contributed by atoms with Gasteiger partial charge in [-0.2, -0.15) is 0 Å². The Morgan fingerprint density at radius 3 is 2.19 bits per heavy atom. The maximum absolute atomic E-state index is 13.4. The normalized spacial score (nSPS) is 10.8. The predicted octanol–water partition coefficient (Wildman–Crippen LogP) is 4.47. The molecule has 3 aromatic rings. The molecule has 2 aromatic carbocycles. The number of hydrogen-bond acceptors (Lipinski definition) is 3. The van der Waals surface area contributed by atoms with Gasteiger partial charge in [0.15, 0.2) is 0 Å². The van der Waals surface area contributed by atoms with Crippen molar-refractivity contribution in [3.05, 3.63) is 57.7 Å². The molecule has 0 saturated heterocycles. The lowest BCUT2D eigenvalue weighted by Gasteiger charge is -2.04. The minimum Gasteiger partial charge on any atom is -0.367 e. The average molecular weight is 398 g/mol. The van der Waals surface area contributed by atoms with Gasteiger partial charge in [-0.3, -0.25) is 0 Å². The Bertz CT molecular complexity index is 780. The number of anilines is 1. The first kappa shape index (κ1) is 14.0. The highest BCUT2D eigenvalue weighted by Gasteiger charge is 2.18. The molecule has 0 aliphatic heterocycles. The smallest absolute Gasteiger partial charge is 0.230 e. The summed E-state index contributed by atoms with van der Waals surface area (Å²) >= 11 is 2.18. The molecule has 2 N–H and O–H groups in total. The summed E-state index contributed by atoms with van der Waals surface area (Å²) < 4.78 is 32.9. The monoisotopic (exact) mass is 398 g/mol. The van der Waals surface area contributed by atoms with E-state index in [2.05, 4.69) is 27.7 Å². The molecular formula is C15H9F2IN2O. The highest BCUT2D eigenvalue weighted by molar-refractivity contribution is 14.1. The summed E-state index contributed by atoms with van der Waals surface area (Å²) in [5.74, 6) is -1.34. The lowest BCUT2D eigenvalue weighted by atomic mass is 10.0. The Labute approximate surface area is 132 Å². The Morgan fingerprint density at radius 1 is 0.952 bits per heavy atom. The van der Waals surface area contributed by atoms with E-state index < -0.39 is 11.6 Å². The summed E-state index contributed by atoms with van der Waals surface area (Å²) in [4.78, 5) is 0. The zero-order valence-electron chi connectivity index (χ0n) is 10.6. The van der Waals surface area contributed by atoms with E-state index >= 15 is 0 Å². The van der Waals surface area contributed by atoms with Crippen LogP contribution in [0.25, 0.3) is 22.4 Å². The van der Waals surface area contributed by atoms with Crippen molar-refractivity contribution in [2.75, 3.05) is 5.73 Å². The number of nitrogens with two attached hydrogens (primary N) is 1. The van der Waals surface area contributed by atoms with Crippen LogP contribution < -0.4 is 5.73 Å². The zero-order valence-corrected chi connectivity index (χ0v) is 12.8. The van der Waals surface area contributed by atoms with Crippen molar-refractivity contribution >= 4 is 28.5 Å². The van der Waals surface area contributed by atoms with Crippen LogP contribution in [0.15, 0.2) is 47.0 Å². The average Bonchev–Trinajstić information content (AvgIpc) is 2.80. The molecule has 0 unspecified atom stereocenters. The largest absolute Gasteiger partial charge is 0.367 e. The lowest BCUT2D eigenvalue weighted by Crippen LogP contribution is -1.90. The molecule has 21 heavy (non-hydrogen) atoms. The van der Waals surface area contributed by atoms with E-state index in [0.717, 1.165) is 15.2 Å². The van der Waals surface area contributed by atoms with Crippen molar-refractivity contribution in [3.63, 3.8) is 0 Å². The molecule has 0 saturated carbocycles. The summed E-state index contributed by atoms with van der Waals surface area (Å²) in [6.07, 6.45) is 0. The summed E-state index contributed by atoms with van der Waals surface area (Å²) in [7, 11) is 0. The van der Waals surface area contributed by atoms with Gasteiger partial charge in [-0.25, -0.2) is 8.78 Å². The van der Waals surface area contributed by atoms with Crippen molar-refractivity contribution in [2.24, 2.45) is 0 Å². The van der Waals surface area contributed by atoms with Gasteiger partial charge >= 0.3 is 0 Å². The Hall–Kier alpha value is -1.96.